The van der Waals surface area contributed by atoms with Crippen molar-refractivity contribution in [1.82, 2.24) is 5.32 Å². The van der Waals surface area contributed by atoms with Crippen LogP contribution in [0.5, 0.6) is 11.5 Å². The van der Waals surface area contributed by atoms with E-state index in [9.17, 15) is 19.7 Å². The first-order valence-electron chi connectivity index (χ1n) is 13.9. The van der Waals surface area contributed by atoms with E-state index in [-0.39, 0.29) is 13.0 Å². The van der Waals surface area contributed by atoms with Crippen molar-refractivity contribution in [2.75, 3.05) is 13.7 Å². The van der Waals surface area contributed by atoms with E-state index in [0.29, 0.717) is 29.0 Å². The van der Waals surface area contributed by atoms with Crippen molar-refractivity contribution in [3.63, 3.8) is 0 Å². The van der Waals surface area contributed by atoms with Crippen LogP contribution in [0.1, 0.15) is 85.4 Å². The highest BCUT2D eigenvalue weighted by Crippen LogP contribution is 2.42. The van der Waals surface area contributed by atoms with E-state index in [1.165, 1.54) is 0 Å². The number of hydrogen-bond donors (Lipinski definition) is 1. The monoisotopic (exact) mass is 570 g/mol. The van der Waals surface area contributed by atoms with Gasteiger partial charge in [0.2, 0.25) is 0 Å². The quantitative estimate of drug-likeness (QED) is 0.157. The number of rotatable bonds is 11. The zero-order chi connectivity index (χ0) is 31.2. The summed E-state index contributed by atoms with van der Waals surface area (Å²) in [5, 5.41) is 15.1. The number of ether oxygens (including phenoxy) is 3. The maximum Gasteiger partial charge on any atom is 0.387 e. The molecule has 2 rings (SSSR count). The van der Waals surface area contributed by atoms with Crippen LogP contribution in [0.15, 0.2) is 42.5 Å². The van der Waals surface area contributed by atoms with Crippen LogP contribution < -0.4 is 14.8 Å². The second-order valence-electron chi connectivity index (χ2n) is 13.3. The van der Waals surface area contributed by atoms with E-state index in [1.807, 2.05) is 71.9 Å². The Morgan fingerprint density at radius 3 is 1.88 bits per heavy atom. The fraction of sp³-hybridized carbons (Fsp3) is 0.562. The summed E-state index contributed by atoms with van der Waals surface area (Å²) < 4.78 is 16.9. The third-order valence-electron chi connectivity index (χ3n) is 6.43. The zero-order valence-corrected chi connectivity index (χ0v) is 26.1. The lowest BCUT2D eigenvalue weighted by Crippen LogP contribution is -2.45. The van der Waals surface area contributed by atoms with Crippen molar-refractivity contribution >= 4 is 11.9 Å². The number of nitrogens with one attached hydrogen (secondary N) is 1. The van der Waals surface area contributed by atoms with Gasteiger partial charge in [-0.3, -0.25) is 14.9 Å². The average Bonchev–Trinajstić information content (AvgIpc) is 2.83. The summed E-state index contributed by atoms with van der Waals surface area (Å²) >= 11 is 0. The van der Waals surface area contributed by atoms with Gasteiger partial charge in [0.1, 0.15) is 23.1 Å². The lowest BCUT2D eigenvalue weighted by Gasteiger charge is -2.30. The van der Waals surface area contributed by atoms with Crippen LogP contribution in [0.4, 0.5) is 0 Å². The molecule has 0 aliphatic rings. The molecule has 0 fully saturated rings. The molecule has 2 aromatic rings. The molecule has 0 aliphatic carbocycles. The molecule has 0 spiro atoms. The molecule has 9 heteroatoms. The zero-order valence-electron chi connectivity index (χ0n) is 26.1. The molecule has 0 radical (unpaired) electrons. The van der Waals surface area contributed by atoms with E-state index in [4.69, 9.17) is 14.2 Å². The summed E-state index contributed by atoms with van der Waals surface area (Å²) in [5.41, 5.74) is 0.757. The van der Waals surface area contributed by atoms with Gasteiger partial charge in [0.05, 0.1) is 7.11 Å². The van der Waals surface area contributed by atoms with Gasteiger partial charge in [-0.1, -0.05) is 71.9 Å². The Labute approximate surface area is 244 Å². The minimum absolute atomic E-state index is 0.0261. The fourth-order valence-electron chi connectivity index (χ4n) is 4.28. The Morgan fingerprint density at radius 2 is 1.44 bits per heavy atom. The number of methoxy groups -OCH3 is 1. The standard InChI is InChI=1S/C32H46N2O7/c1-30(2,3)23-19-22(39-10)20-24(31(4,5)6)27(23)40-29(36)26(34(37)38)16-17-33-25(28(35)41-32(7,8)9)18-21-14-12-11-13-15-21/h11-15,19-20,25-26,33H,16-18H2,1-10H3. The van der Waals surface area contributed by atoms with Crippen LogP contribution in [-0.2, 0) is 31.6 Å². The fourth-order valence-corrected chi connectivity index (χ4v) is 4.28. The van der Waals surface area contributed by atoms with Crippen molar-refractivity contribution in [3.05, 3.63) is 69.3 Å². The number of carbonyl (C=O) groups excluding carboxylic acids is 2. The molecule has 0 heterocycles. The maximum atomic E-state index is 13.3. The molecule has 1 N–H and O–H groups in total. The summed E-state index contributed by atoms with van der Waals surface area (Å²) in [6.07, 6.45) is 0.158. The van der Waals surface area contributed by atoms with Gasteiger partial charge >= 0.3 is 18.0 Å². The predicted octanol–water partition coefficient (Wildman–Crippen LogP) is 5.77. The molecule has 0 saturated carbocycles. The van der Waals surface area contributed by atoms with Crippen LogP contribution in [0.3, 0.4) is 0 Å². The van der Waals surface area contributed by atoms with Crippen molar-refractivity contribution in [2.24, 2.45) is 0 Å². The van der Waals surface area contributed by atoms with E-state index < -0.39 is 45.4 Å². The van der Waals surface area contributed by atoms with Crippen LogP contribution in [-0.4, -0.2) is 48.2 Å². The smallest absolute Gasteiger partial charge is 0.387 e. The number of nitrogens with zero attached hydrogens (tertiary/aromatic N) is 1. The average molecular weight is 571 g/mol. The molecule has 0 saturated heterocycles. The number of carbonyl (C=O) groups is 2. The summed E-state index contributed by atoms with van der Waals surface area (Å²) in [5.74, 6) is -0.508. The van der Waals surface area contributed by atoms with Gasteiger partial charge in [0, 0.05) is 29.0 Å². The second-order valence-corrected chi connectivity index (χ2v) is 13.3. The summed E-state index contributed by atoms with van der Waals surface area (Å²) in [7, 11) is 1.57. The molecule has 2 unspecified atom stereocenters. The third kappa shape index (κ3) is 10.1. The molecule has 41 heavy (non-hydrogen) atoms. The Bertz CT molecular complexity index is 1170. The van der Waals surface area contributed by atoms with Crippen LogP contribution in [0.25, 0.3) is 0 Å². The number of benzene rings is 2. The normalized spacial score (nSPS) is 13.7. The predicted molar refractivity (Wildman–Crippen MR) is 159 cm³/mol. The van der Waals surface area contributed by atoms with Crippen molar-refractivity contribution in [3.8, 4) is 11.5 Å². The van der Waals surface area contributed by atoms with Gasteiger partial charge < -0.3 is 19.5 Å². The van der Waals surface area contributed by atoms with Crippen molar-refractivity contribution in [1.29, 1.82) is 0 Å². The Kier molecular flexibility index (Phi) is 11.1. The van der Waals surface area contributed by atoms with Crippen molar-refractivity contribution in [2.45, 2.75) is 104 Å². The summed E-state index contributed by atoms with van der Waals surface area (Å²) in [4.78, 5) is 37.7. The largest absolute Gasteiger partial charge is 0.497 e. The number of hydrogen-bond acceptors (Lipinski definition) is 8. The third-order valence-corrected chi connectivity index (χ3v) is 6.43. The van der Waals surface area contributed by atoms with Gasteiger partial charge in [-0.05, 0) is 55.7 Å². The minimum atomic E-state index is -1.64. The minimum Gasteiger partial charge on any atom is -0.497 e. The van der Waals surface area contributed by atoms with Crippen LogP contribution in [0.2, 0.25) is 0 Å². The Morgan fingerprint density at radius 1 is 0.902 bits per heavy atom. The Balaban J connectivity index is 2.30. The highest BCUT2D eigenvalue weighted by atomic mass is 16.6. The molecule has 0 aromatic heterocycles. The SMILES string of the molecule is COc1cc(C(C)(C)C)c(OC(=O)C(CCNC(Cc2ccccc2)C(=O)OC(C)(C)C)[N+](=O)[O-])c(C(C)(C)C)c1. The van der Waals surface area contributed by atoms with Gasteiger partial charge in [0.25, 0.3) is 0 Å². The lowest BCUT2D eigenvalue weighted by molar-refractivity contribution is -0.510. The molecular weight excluding hydrogens is 524 g/mol. The maximum absolute atomic E-state index is 13.3. The topological polar surface area (TPSA) is 117 Å². The van der Waals surface area contributed by atoms with Gasteiger partial charge in [-0.25, -0.2) is 4.79 Å². The highest BCUT2D eigenvalue weighted by Gasteiger charge is 2.36. The van der Waals surface area contributed by atoms with Crippen molar-refractivity contribution < 1.29 is 28.7 Å². The first kappa shape index (κ1) is 33.7. The highest BCUT2D eigenvalue weighted by molar-refractivity contribution is 5.78. The molecule has 0 bridgehead atoms. The molecule has 0 amide bonds. The first-order chi connectivity index (χ1) is 18.8. The van der Waals surface area contributed by atoms with E-state index in [2.05, 4.69) is 5.32 Å². The molecule has 0 aliphatic heterocycles. The number of nitro groups is 1. The Hall–Kier alpha value is -3.46. The van der Waals surface area contributed by atoms with Crippen LogP contribution >= 0.6 is 0 Å². The molecule has 2 atom stereocenters. The second kappa shape index (κ2) is 13.5. The van der Waals surface area contributed by atoms with E-state index >= 15 is 0 Å². The number of esters is 2. The van der Waals surface area contributed by atoms with Gasteiger partial charge in [-0.15, -0.1) is 0 Å². The lowest BCUT2D eigenvalue weighted by atomic mass is 9.79. The van der Waals surface area contributed by atoms with E-state index in [1.54, 1.807) is 40.0 Å². The molecule has 2 aromatic carbocycles. The van der Waals surface area contributed by atoms with Gasteiger partial charge in [0.15, 0.2) is 0 Å². The summed E-state index contributed by atoms with van der Waals surface area (Å²) in [6, 6.07) is 10.6. The summed E-state index contributed by atoms with van der Waals surface area (Å²) in [6.45, 7) is 17.2. The first-order valence-corrected chi connectivity index (χ1v) is 13.9. The molecule has 226 valence electrons. The van der Waals surface area contributed by atoms with E-state index in [0.717, 1.165) is 5.56 Å². The molecular formula is C32H46N2O7. The van der Waals surface area contributed by atoms with Gasteiger partial charge in [-0.2, -0.15) is 0 Å². The van der Waals surface area contributed by atoms with Crippen LogP contribution in [0, 0.1) is 10.1 Å². The molecule has 9 nitrogen and oxygen atoms in total.